The van der Waals surface area contributed by atoms with E-state index in [0.29, 0.717) is 10.6 Å². The lowest BCUT2D eigenvalue weighted by molar-refractivity contribution is -0.141. The van der Waals surface area contributed by atoms with Crippen molar-refractivity contribution in [2.24, 2.45) is 5.92 Å². The van der Waals surface area contributed by atoms with Gasteiger partial charge < -0.3 is 15.2 Å². The third-order valence-electron chi connectivity index (χ3n) is 2.88. The molecule has 106 valence electrons. The van der Waals surface area contributed by atoms with Gasteiger partial charge in [0.05, 0.1) is 17.5 Å². The van der Waals surface area contributed by atoms with Crippen LogP contribution in [0.15, 0.2) is 4.47 Å². The number of amides is 1. The molecule has 1 heterocycles. The maximum absolute atomic E-state index is 12.1. The minimum absolute atomic E-state index is 0.323. The number of carboxylic acid groups (broad SMARTS) is 1. The van der Waals surface area contributed by atoms with Crippen LogP contribution in [0, 0.1) is 12.8 Å². The molecule has 1 rings (SSSR count). The first-order chi connectivity index (χ1) is 8.79. The Morgan fingerprint density at radius 1 is 1.42 bits per heavy atom. The van der Waals surface area contributed by atoms with Gasteiger partial charge in [-0.05, 0) is 36.7 Å². The number of carbonyl (C=O) groups excluding carboxylic acids is 1. The summed E-state index contributed by atoms with van der Waals surface area (Å²) in [6.45, 7) is 5.09. The van der Waals surface area contributed by atoms with Gasteiger partial charge in [0.2, 0.25) is 0 Å². The molecule has 0 saturated heterocycles. The average molecular weight is 350 g/mol. The zero-order valence-electron chi connectivity index (χ0n) is 11.1. The summed E-state index contributed by atoms with van der Waals surface area (Å²) in [5, 5.41) is 11.6. The van der Waals surface area contributed by atoms with Crippen LogP contribution >= 0.6 is 27.3 Å². The normalized spacial score (nSPS) is 13.7. The fourth-order valence-electron chi connectivity index (χ4n) is 1.45. The Morgan fingerprint density at radius 2 is 2.00 bits per heavy atom. The Balaban J connectivity index is 2.90. The minimum Gasteiger partial charge on any atom is -0.494 e. The van der Waals surface area contributed by atoms with E-state index in [1.165, 1.54) is 18.4 Å². The van der Waals surface area contributed by atoms with Crippen LogP contribution in [0.2, 0.25) is 0 Å². The second-order valence-electron chi connectivity index (χ2n) is 4.22. The molecule has 0 spiro atoms. The first-order valence-corrected chi connectivity index (χ1v) is 7.27. The van der Waals surface area contributed by atoms with Gasteiger partial charge >= 0.3 is 5.97 Å². The van der Waals surface area contributed by atoms with Crippen LogP contribution in [0.4, 0.5) is 0 Å². The smallest absolute Gasteiger partial charge is 0.308 e. The van der Waals surface area contributed by atoms with Crippen LogP contribution in [0.25, 0.3) is 0 Å². The summed E-state index contributed by atoms with van der Waals surface area (Å²) in [5.41, 5.74) is 0. The van der Waals surface area contributed by atoms with Gasteiger partial charge in [-0.1, -0.05) is 0 Å². The topological polar surface area (TPSA) is 75.6 Å². The number of aryl methyl sites for hydroxylation is 1. The lowest BCUT2D eigenvalue weighted by atomic mass is 10.0. The molecule has 0 bridgehead atoms. The lowest BCUT2D eigenvalue weighted by Crippen LogP contribution is -2.39. The molecule has 0 aliphatic carbocycles. The first kappa shape index (κ1) is 16.0. The van der Waals surface area contributed by atoms with Crippen LogP contribution in [0.5, 0.6) is 5.75 Å². The van der Waals surface area contributed by atoms with E-state index in [2.05, 4.69) is 21.2 Å². The summed E-state index contributed by atoms with van der Waals surface area (Å²) in [4.78, 5) is 24.4. The molecule has 19 heavy (non-hydrogen) atoms. The average Bonchev–Trinajstić information content (AvgIpc) is 2.64. The van der Waals surface area contributed by atoms with E-state index in [-0.39, 0.29) is 5.91 Å². The molecule has 2 N–H and O–H groups in total. The summed E-state index contributed by atoms with van der Waals surface area (Å²) >= 11 is 4.66. The third-order valence-corrected chi connectivity index (χ3v) is 5.18. The molecule has 5 nitrogen and oxygen atoms in total. The number of ether oxygens (including phenoxy) is 1. The van der Waals surface area contributed by atoms with E-state index >= 15 is 0 Å². The number of aliphatic carboxylic acids is 1. The van der Waals surface area contributed by atoms with Gasteiger partial charge in [-0.2, -0.15) is 0 Å². The zero-order valence-corrected chi connectivity index (χ0v) is 13.5. The van der Waals surface area contributed by atoms with Gasteiger partial charge in [0.1, 0.15) is 4.88 Å². The molecule has 1 amide bonds. The third kappa shape index (κ3) is 3.48. The highest BCUT2D eigenvalue weighted by atomic mass is 79.9. The van der Waals surface area contributed by atoms with E-state index in [1.54, 1.807) is 13.8 Å². The number of carboxylic acids is 1. The molecule has 7 heteroatoms. The summed E-state index contributed by atoms with van der Waals surface area (Å²) in [5.74, 6) is -1.44. The van der Waals surface area contributed by atoms with E-state index in [1.807, 2.05) is 6.92 Å². The molecule has 0 fully saturated rings. The van der Waals surface area contributed by atoms with Crippen LogP contribution in [0.1, 0.15) is 28.4 Å². The van der Waals surface area contributed by atoms with Gasteiger partial charge in [-0.3, -0.25) is 9.59 Å². The van der Waals surface area contributed by atoms with Crippen molar-refractivity contribution in [1.82, 2.24) is 5.32 Å². The van der Waals surface area contributed by atoms with E-state index in [4.69, 9.17) is 9.84 Å². The van der Waals surface area contributed by atoms with E-state index in [9.17, 15) is 9.59 Å². The minimum atomic E-state index is -0.941. The van der Waals surface area contributed by atoms with Crippen molar-refractivity contribution >= 4 is 39.1 Å². The Kier molecular flexibility index (Phi) is 5.37. The number of rotatable bonds is 5. The van der Waals surface area contributed by atoms with Crippen molar-refractivity contribution in [3.05, 3.63) is 14.2 Å². The highest BCUT2D eigenvalue weighted by Crippen LogP contribution is 2.39. The summed E-state index contributed by atoms with van der Waals surface area (Å²) in [6, 6.07) is -0.462. The van der Waals surface area contributed by atoms with Gasteiger partial charge in [0.15, 0.2) is 5.75 Å². The van der Waals surface area contributed by atoms with Crippen LogP contribution in [0.3, 0.4) is 0 Å². The molecular formula is C12H16BrNO4S. The predicted molar refractivity (Wildman–Crippen MR) is 77.0 cm³/mol. The second kappa shape index (κ2) is 6.38. The number of hydrogen-bond donors (Lipinski definition) is 2. The van der Waals surface area contributed by atoms with Gasteiger partial charge in [-0.15, -0.1) is 11.3 Å². The van der Waals surface area contributed by atoms with Crippen LogP contribution in [-0.4, -0.2) is 30.1 Å². The number of hydrogen-bond acceptors (Lipinski definition) is 4. The Bertz CT molecular complexity index is 500. The number of methoxy groups -OCH3 is 1. The maximum Gasteiger partial charge on any atom is 0.308 e. The maximum atomic E-state index is 12.1. The molecule has 0 aliphatic rings. The van der Waals surface area contributed by atoms with E-state index < -0.39 is 17.9 Å². The fraction of sp³-hybridized carbons (Fsp3) is 0.500. The molecular weight excluding hydrogens is 334 g/mol. The van der Waals surface area contributed by atoms with E-state index in [0.717, 1.165) is 9.35 Å². The predicted octanol–water partition coefficient (Wildman–Crippen LogP) is 2.67. The van der Waals surface area contributed by atoms with Gasteiger partial charge in [-0.25, -0.2) is 0 Å². The number of nitrogens with one attached hydrogen (secondary N) is 1. The van der Waals surface area contributed by atoms with Crippen LogP contribution in [-0.2, 0) is 4.79 Å². The fourth-order valence-corrected chi connectivity index (χ4v) is 3.10. The first-order valence-electron chi connectivity index (χ1n) is 5.66. The summed E-state index contributed by atoms with van der Waals surface area (Å²) in [6.07, 6.45) is 0. The SMILES string of the molecule is COc1c(C(=O)NC(C)C(C)C(=O)O)sc(C)c1Br. The van der Waals surface area contributed by atoms with Gasteiger partial charge in [0.25, 0.3) is 5.91 Å². The summed E-state index contributed by atoms with van der Waals surface area (Å²) in [7, 11) is 1.49. The molecule has 2 unspecified atom stereocenters. The van der Waals surface area contributed by atoms with Gasteiger partial charge in [0, 0.05) is 10.9 Å². The van der Waals surface area contributed by atoms with Crippen molar-refractivity contribution < 1.29 is 19.4 Å². The number of halogens is 1. The molecule has 0 radical (unpaired) electrons. The van der Waals surface area contributed by atoms with Crippen LogP contribution < -0.4 is 10.1 Å². The largest absolute Gasteiger partial charge is 0.494 e. The molecule has 0 aromatic carbocycles. The Morgan fingerprint density at radius 3 is 2.47 bits per heavy atom. The summed E-state index contributed by atoms with van der Waals surface area (Å²) < 4.78 is 5.95. The quantitative estimate of drug-likeness (QED) is 0.856. The highest BCUT2D eigenvalue weighted by molar-refractivity contribution is 9.10. The van der Waals surface area contributed by atoms with Crippen molar-refractivity contribution in [2.45, 2.75) is 26.8 Å². The molecule has 1 aromatic heterocycles. The number of thiophene rings is 1. The van der Waals surface area contributed by atoms with Crippen molar-refractivity contribution in [3.8, 4) is 5.75 Å². The lowest BCUT2D eigenvalue weighted by Gasteiger charge is -2.17. The Hall–Kier alpha value is -1.08. The monoisotopic (exact) mass is 349 g/mol. The molecule has 2 atom stereocenters. The highest BCUT2D eigenvalue weighted by Gasteiger charge is 2.25. The standard InChI is InChI=1S/C12H16BrNO4S/c1-5(12(16)17)6(2)14-11(15)10-9(18-4)8(13)7(3)19-10/h5-6H,1-4H3,(H,14,15)(H,16,17). The van der Waals surface area contributed by atoms with Crippen molar-refractivity contribution in [2.75, 3.05) is 7.11 Å². The van der Waals surface area contributed by atoms with Crippen molar-refractivity contribution in [1.29, 1.82) is 0 Å². The Labute approximate surface area is 124 Å². The molecule has 0 aliphatic heterocycles. The molecule has 1 aromatic rings. The second-order valence-corrected chi connectivity index (χ2v) is 6.24. The van der Waals surface area contributed by atoms with Crippen molar-refractivity contribution in [3.63, 3.8) is 0 Å². The number of carbonyl (C=O) groups is 2. The zero-order chi connectivity index (χ0) is 14.7. The molecule has 0 saturated carbocycles.